The summed E-state index contributed by atoms with van der Waals surface area (Å²) < 4.78 is 0. The molecule has 1 aliphatic rings. The molecule has 1 rings (SSSR count). The zero-order chi connectivity index (χ0) is 15.1. The second-order valence-electron chi connectivity index (χ2n) is 6.46. The number of aliphatic hydroxyl groups excluding tert-OH is 1. The van der Waals surface area contributed by atoms with Crippen molar-refractivity contribution < 1.29 is 9.90 Å². The fraction of sp³-hybridized carbons (Fsp3) is 0.933. The first-order valence-electron chi connectivity index (χ1n) is 7.78. The van der Waals surface area contributed by atoms with Gasteiger partial charge in [0, 0.05) is 24.7 Å². The van der Waals surface area contributed by atoms with E-state index in [4.69, 9.17) is 5.11 Å². The first-order chi connectivity index (χ1) is 9.43. The summed E-state index contributed by atoms with van der Waals surface area (Å²) in [6, 6.07) is 0.764. The highest BCUT2D eigenvalue weighted by atomic mass is 16.3. The van der Waals surface area contributed by atoms with Crippen LogP contribution in [0, 0.1) is 5.92 Å². The number of rotatable bonds is 6. The highest BCUT2D eigenvalue weighted by molar-refractivity contribution is 5.74. The van der Waals surface area contributed by atoms with E-state index in [2.05, 4.69) is 43.5 Å². The average Bonchev–Trinajstić information content (AvgIpc) is 2.38. The molecular weight excluding hydrogens is 254 g/mol. The summed E-state index contributed by atoms with van der Waals surface area (Å²) in [5.74, 6) is 0.328. The molecule has 0 aromatic rings. The van der Waals surface area contributed by atoms with Crippen molar-refractivity contribution in [3.8, 4) is 0 Å². The molecule has 0 radical (unpaired) electrons. The molecular formula is C15H31N3O2. The maximum Gasteiger partial charge on any atom is 0.315 e. The lowest BCUT2D eigenvalue weighted by Crippen LogP contribution is -2.50. The third-order valence-electron chi connectivity index (χ3n) is 4.27. The molecule has 1 fully saturated rings. The van der Waals surface area contributed by atoms with E-state index in [1.807, 2.05) is 0 Å². The van der Waals surface area contributed by atoms with Gasteiger partial charge < -0.3 is 20.6 Å². The second kappa shape index (κ2) is 8.47. The lowest BCUT2D eigenvalue weighted by molar-refractivity contribution is 0.187. The third-order valence-corrected chi connectivity index (χ3v) is 4.27. The Bertz CT molecular complexity index is 295. The maximum absolute atomic E-state index is 12.1. The average molecular weight is 285 g/mol. The molecule has 3 unspecified atom stereocenters. The van der Waals surface area contributed by atoms with E-state index in [1.54, 1.807) is 0 Å². The Labute approximate surface area is 123 Å². The normalized spacial score (nSPS) is 24.8. The topological polar surface area (TPSA) is 64.6 Å². The van der Waals surface area contributed by atoms with Gasteiger partial charge >= 0.3 is 6.03 Å². The van der Waals surface area contributed by atoms with Gasteiger partial charge in [-0.25, -0.2) is 4.79 Å². The van der Waals surface area contributed by atoms with Crippen molar-refractivity contribution in [2.45, 2.75) is 64.1 Å². The van der Waals surface area contributed by atoms with Gasteiger partial charge in [0.25, 0.3) is 0 Å². The molecule has 0 saturated heterocycles. The summed E-state index contributed by atoms with van der Waals surface area (Å²) in [6.45, 7) is 4.22. The standard InChI is InChI=1S/C15H31N3O2/c1-11(2)14(8-9-19)17-15(20)16-12-6-5-7-13(10-12)18(3)4/h11-14,19H,5-10H2,1-4H3,(H2,16,17,20). The summed E-state index contributed by atoms with van der Waals surface area (Å²) in [5.41, 5.74) is 0. The van der Waals surface area contributed by atoms with Gasteiger partial charge in [-0.05, 0) is 52.1 Å². The van der Waals surface area contributed by atoms with E-state index < -0.39 is 0 Å². The number of nitrogens with zero attached hydrogens (tertiary/aromatic N) is 1. The van der Waals surface area contributed by atoms with Crippen LogP contribution in [0.5, 0.6) is 0 Å². The molecule has 5 heteroatoms. The number of carbonyl (C=O) groups is 1. The van der Waals surface area contributed by atoms with Crippen LogP contribution in [0.15, 0.2) is 0 Å². The number of hydrogen-bond acceptors (Lipinski definition) is 3. The van der Waals surface area contributed by atoms with Crippen molar-refractivity contribution in [2.75, 3.05) is 20.7 Å². The molecule has 0 bridgehead atoms. The highest BCUT2D eigenvalue weighted by Crippen LogP contribution is 2.21. The number of carbonyl (C=O) groups excluding carboxylic acids is 1. The zero-order valence-corrected chi connectivity index (χ0v) is 13.4. The predicted molar refractivity (Wildman–Crippen MR) is 81.7 cm³/mol. The van der Waals surface area contributed by atoms with Gasteiger partial charge in [-0.2, -0.15) is 0 Å². The SMILES string of the molecule is CC(C)C(CCO)NC(=O)NC1CCCC(N(C)C)C1. The van der Waals surface area contributed by atoms with E-state index in [0.29, 0.717) is 18.4 Å². The van der Waals surface area contributed by atoms with Crippen molar-refractivity contribution in [1.82, 2.24) is 15.5 Å². The Morgan fingerprint density at radius 2 is 2.05 bits per heavy atom. The second-order valence-corrected chi connectivity index (χ2v) is 6.46. The van der Waals surface area contributed by atoms with E-state index in [9.17, 15) is 4.79 Å². The quantitative estimate of drug-likeness (QED) is 0.694. The van der Waals surface area contributed by atoms with E-state index in [1.165, 1.54) is 6.42 Å². The molecule has 0 spiro atoms. The number of aliphatic hydroxyl groups is 1. The van der Waals surface area contributed by atoms with Gasteiger partial charge in [0.15, 0.2) is 0 Å². The number of hydrogen-bond donors (Lipinski definition) is 3. The Morgan fingerprint density at radius 3 is 2.60 bits per heavy atom. The van der Waals surface area contributed by atoms with Gasteiger partial charge in [-0.1, -0.05) is 13.8 Å². The van der Waals surface area contributed by atoms with Crippen LogP contribution in [-0.4, -0.2) is 54.9 Å². The molecule has 3 N–H and O–H groups in total. The molecule has 0 aromatic heterocycles. The first kappa shape index (κ1) is 17.2. The van der Waals surface area contributed by atoms with E-state index in [0.717, 1.165) is 19.3 Å². The first-order valence-corrected chi connectivity index (χ1v) is 7.78. The fourth-order valence-electron chi connectivity index (χ4n) is 2.87. The fourth-order valence-corrected chi connectivity index (χ4v) is 2.87. The van der Waals surface area contributed by atoms with Crippen molar-refractivity contribution >= 4 is 6.03 Å². The Hall–Kier alpha value is -0.810. The predicted octanol–water partition coefficient (Wildman–Crippen LogP) is 1.57. The molecule has 0 aromatic carbocycles. The van der Waals surface area contributed by atoms with Crippen LogP contribution in [0.4, 0.5) is 4.79 Å². The number of urea groups is 1. The lowest BCUT2D eigenvalue weighted by Gasteiger charge is -2.34. The zero-order valence-electron chi connectivity index (χ0n) is 13.4. The van der Waals surface area contributed by atoms with Crippen LogP contribution in [0.25, 0.3) is 0 Å². The molecule has 0 heterocycles. The summed E-state index contributed by atoms with van der Waals surface area (Å²) in [5, 5.41) is 15.1. The summed E-state index contributed by atoms with van der Waals surface area (Å²) in [4.78, 5) is 14.3. The van der Waals surface area contributed by atoms with Crippen LogP contribution in [-0.2, 0) is 0 Å². The van der Waals surface area contributed by atoms with Gasteiger partial charge in [0.2, 0.25) is 0 Å². The number of amides is 2. The van der Waals surface area contributed by atoms with Gasteiger partial charge in [0.05, 0.1) is 0 Å². The molecule has 20 heavy (non-hydrogen) atoms. The van der Waals surface area contributed by atoms with Gasteiger partial charge in [0.1, 0.15) is 0 Å². The molecule has 118 valence electrons. The van der Waals surface area contributed by atoms with Crippen LogP contribution in [0.3, 0.4) is 0 Å². The Balaban J connectivity index is 2.41. The van der Waals surface area contributed by atoms with Crippen molar-refractivity contribution in [3.05, 3.63) is 0 Å². The molecule has 0 aliphatic heterocycles. The maximum atomic E-state index is 12.1. The summed E-state index contributed by atoms with van der Waals surface area (Å²) in [7, 11) is 4.20. The van der Waals surface area contributed by atoms with Crippen LogP contribution in [0.2, 0.25) is 0 Å². The third kappa shape index (κ3) is 5.67. The van der Waals surface area contributed by atoms with Crippen LogP contribution < -0.4 is 10.6 Å². The van der Waals surface area contributed by atoms with Crippen LogP contribution in [0.1, 0.15) is 46.0 Å². The highest BCUT2D eigenvalue weighted by Gasteiger charge is 2.25. The lowest BCUT2D eigenvalue weighted by atomic mass is 9.90. The minimum Gasteiger partial charge on any atom is -0.396 e. The largest absolute Gasteiger partial charge is 0.396 e. The molecule has 1 aliphatic carbocycles. The molecule has 5 nitrogen and oxygen atoms in total. The van der Waals surface area contributed by atoms with Crippen LogP contribution >= 0.6 is 0 Å². The molecule has 3 atom stereocenters. The summed E-state index contributed by atoms with van der Waals surface area (Å²) >= 11 is 0. The summed E-state index contributed by atoms with van der Waals surface area (Å²) in [6.07, 6.45) is 5.07. The van der Waals surface area contributed by atoms with Gasteiger partial charge in [-0.3, -0.25) is 0 Å². The Kier molecular flexibility index (Phi) is 7.30. The van der Waals surface area contributed by atoms with E-state index in [-0.39, 0.29) is 24.7 Å². The van der Waals surface area contributed by atoms with Crippen molar-refractivity contribution in [3.63, 3.8) is 0 Å². The van der Waals surface area contributed by atoms with Crippen molar-refractivity contribution in [1.29, 1.82) is 0 Å². The van der Waals surface area contributed by atoms with E-state index >= 15 is 0 Å². The minimum absolute atomic E-state index is 0.0354. The van der Waals surface area contributed by atoms with Crippen molar-refractivity contribution in [2.24, 2.45) is 5.92 Å². The smallest absolute Gasteiger partial charge is 0.315 e. The molecule has 2 amide bonds. The Morgan fingerprint density at radius 1 is 1.35 bits per heavy atom. The number of nitrogens with one attached hydrogen (secondary N) is 2. The monoisotopic (exact) mass is 285 g/mol. The van der Waals surface area contributed by atoms with Gasteiger partial charge in [-0.15, -0.1) is 0 Å². The minimum atomic E-state index is -0.0958. The molecule has 1 saturated carbocycles.